The average molecular weight is 617 g/mol. The minimum atomic E-state index is -1.38. The molecule has 6 aromatic rings. The molecule has 0 saturated heterocycles. The van der Waals surface area contributed by atoms with Gasteiger partial charge in [0.05, 0.1) is 34.9 Å². The van der Waals surface area contributed by atoms with E-state index in [1.807, 2.05) is 30.3 Å². The van der Waals surface area contributed by atoms with E-state index in [0.29, 0.717) is 5.75 Å². The van der Waals surface area contributed by atoms with E-state index >= 15 is 0 Å². The molecule has 0 fully saturated rings. The van der Waals surface area contributed by atoms with Gasteiger partial charge in [-0.2, -0.15) is 0 Å². The number of hydrogen-bond donors (Lipinski definition) is 2. The lowest BCUT2D eigenvalue weighted by Gasteiger charge is -2.21. The van der Waals surface area contributed by atoms with Crippen molar-refractivity contribution in [1.29, 1.82) is 0 Å². The Morgan fingerprint density at radius 3 is 1.81 bits per heavy atom. The highest BCUT2D eigenvalue weighted by atomic mass is 35.5. The summed E-state index contributed by atoms with van der Waals surface area (Å²) in [6.45, 7) is 0.256. The van der Waals surface area contributed by atoms with Gasteiger partial charge in [-0.15, -0.1) is 0 Å². The van der Waals surface area contributed by atoms with Crippen molar-refractivity contribution in [3.63, 3.8) is 0 Å². The first-order chi connectivity index (χ1) is 20.7. The number of hydrogen-bond acceptors (Lipinski definition) is 8. The highest BCUT2D eigenvalue weighted by molar-refractivity contribution is 6.31. The van der Waals surface area contributed by atoms with Crippen LogP contribution in [0.25, 0.3) is 21.9 Å². The average Bonchev–Trinajstić information content (AvgIpc) is 3.00. The van der Waals surface area contributed by atoms with Gasteiger partial charge in [0.25, 0.3) is 0 Å². The van der Waals surface area contributed by atoms with Gasteiger partial charge in [0.2, 0.25) is 0 Å². The Labute approximate surface area is 253 Å². The lowest BCUT2D eigenvalue weighted by molar-refractivity contribution is 0.284. The molecular weight excluding hydrogens is 595 g/mol. The number of fused-ring (bicyclic) bond motifs is 2. The molecule has 4 aromatic carbocycles. The summed E-state index contributed by atoms with van der Waals surface area (Å²) >= 11 is 12.4. The number of rotatable bonds is 7. The third-order valence-electron chi connectivity index (χ3n) is 7.08. The number of halogens is 2. The molecule has 43 heavy (non-hydrogen) atoms. The topological polar surface area (TPSA) is 119 Å². The van der Waals surface area contributed by atoms with Crippen LogP contribution in [0.15, 0.2) is 103 Å². The first-order valence-electron chi connectivity index (χ1n) is 13.0. The van der Waals surface area contributed by atoms with E-state index in [0.717, 1.165) is 5.56 Å². The van der Waals surface area contributed by atoms with Gasteiger partial charge in [0.15, 0.2) is 11.5 Å². The van der Waals surface area contributed by atoms with E-state index in [4.69, 9.17) is 41.5 Å². The SMILES string of the molecule is COc1cc(C(c2c(O)c3cc(Cl)ccc3oc2=O)c2c(O)c3cc(Cl)ccc3oc2=O)ccc1OCc1ccccc1. The van der Waals surface area contributed by atoms with Crippen molar-refractivity contribution >= 4 is 45.1 Å². The fourth-order valence-electron chi connectivity index (χ4n) is 5.05. The Kier molecular flexibility index (Phi) is 7.48. The van der Waals surface area contributed by atoms with Crippen molar-refractivity contribution in [2.24, 2.45) is 0 Å². The van der Waals surface area contributed by atoms with E-state index < -0.39 is 28.7 Å². The maximum absolute atomic E-state index is 13.5. The van der Waals surface area contributed by atoms with Crippen LogP contribution in [0, 0.1) is 0 Å². The van der Waals surface area contributed by atoms with E-state index in [2.05, 4.69) is 0 Å². The van der Waals surface area contributed by atoms with Crippen molar-refractivity contribution in [1.82, 2.24) is 0 Å². The van der Waals surface area contributed by atoms with E-state index in [1.165, 1.54) is 43.5 Å². The Balaban J connectivity index is 1.59. The van der Waals surface area contributed by atoms with Crippen LogP contribution in [0.3, 0.4) is 0 Å². The maximum Gasteiger partial charge on any atom is 0.344 e. The Morgan fingerprint density at radius 2 is 1.28 bits per heavy atom. The fourth-order valence-corrected chi connectivity index (χ4v) is 5.40. The third kappa shape index (κ3) is 5.27. The molecular formula is C33H22Cl2O8. The van der Waals surface area contributed by atoms with Gasteiger partial charge >= 0.3 is 11.3 Å². The summed E-state index contributed by atoms with van der Waals surface area (Å²) in [6.07, 6.45) is 0. The standard InChI is InChI=1S/C33H22Cl2O8/c1-40-26-13-18(7-10-25(26)41-16-17-5-3-2-4-6-17)27(28-30(36)21-14-19(34)8-11-23(21)42-32(28)38)29-31(37)22-15-20(35)9-12-24(22)43-33(29)39/h2-15,27,36-37H,16H2,1H3. The molecule has 0 aliphatic heterocycles. The molecule has 216 valence electrons. The normalized spacial score (nSPS) is 11.3. The quantitative estimate of drug-likeness (QED) is 0.178. The second-order valence-corrected chi connectivity index (χ2v) is 10.6. The van der Waals surface area contributed by atoms with Crippen LogP contribution in [0.4, 0.5) is 0 Å². The first-order valence-corrected chi connectivity index (χ1v) is 13.8. The summed E-state index contributed by atoms with van der Waals surface area (Å²) in [4.78, 5) is 27.0. The van der Waals surface area contributed by atoms with Gasteiger partial charge in [-0.1, -0.05) is 59.6 Å². The van der Waals surface area contributed by atoms with Crippen LogP contribution in [-0.4, -0.2) is 17.3 Å². The van der Waals surface area contributed by atoms with Crippen molar-refractivity contribution in [2.75, 3.05) is 7.11 Å². The summed E-state index contributed by atoms with van der Waals surface area (Å²) in [6, 6.07) is 23.0. The molecule has 0 amide bonds. The summed E-state index contributed by atoms with van der Waals surface area (Å²) in [5, 5.41) is 23.8. The molecule has 0 atom stereocenters. The zero-order valence-electron chi connectivity index (χ0n) is 22.5. The molecule has 6 rings (SSSR count). The van der Waals surface area contributed by atoms with Crippen molar-refractivity contribution in [2.45, 2.75) is 12.5 Å². The number of aromatic hydroxyl groups is 2. The minimum absolute atomic E-state index is 0.0817. The van der Waals surface area contributed by atoms with Gasteiger partial charge in [-0.05, 0) is 59.7 Å². The summed E-state index contributed by atoms with van der Waals surface area (Å²) in [5.74, 6) is -1.67. The molecule has 0 unspecified atom stereocenters. The summed E-state index contributed by atoms with van der Waals surface area (Å²) < 4.78 is 22.7. The molecule has 0 spiro atoms. The number of benzene rings is 4. The van der Waals surface area contributed by atoms with Crippen molar-refractivity contribution < 1.29 is 28.5 Å². The second-order valence-electron chi connectivity index (χ2n) is 9.70. The molecule has 0 bridgehead atoms. The molecule has 2 heterocycles. The smallest absolute Gasteiger partial charge is 0.344 e. The van der Waals surface area contributed by atoms with Crippen molar-refractivity contribution in [3.05, 3.63) is 138 Å². The van der Waals surface area contributed by atoms with Gasteiger partial charge in [0, 0.05) is 10.0 Å². The largest absolute Gasteiger partial charge is 0.507 e. The van der Waals surface area contributed by atoms with Crippen LogP contribution in [-0.2, 0) is 6.61 Å². The zero-order chi connectivity index (χ0) is 30.2. The summed E-state index contributed by atoms with van der Waals surface area (Å²) in [7, 11) is 1.44. The summed E-state index contributed by atoms with van der Waals surface area (Å²) in [5.41, 5.74) is -1.14. The van der Waals surface area contributed by atoms with Crippen LogP contribution >= 0.6 is 23.2 Å². The zero-order valence-corrected chi connectivity index (χ0v) is 24.0. The van der Waals surface area contributed by atoms with Crippen LogP contribution in [0.5, 0.6) is 23.0 Å². The lowest BCUT2D eigenvalue weighted by Crippen LogP contribution is -2.21. The molecule has 8 nitrogen and oxygen atoms in total. The monoisotopic (exact) mass is 616 g/mol. The molecule has 0 aliphatic rings. The predicted octanol–water partition coefficient (Wildman–Crippen LogP) is 7.39. The minimum Gasteiger partial charge on any atom is -0.507 e. The molecule has 0 radical (unpaired) electrons. The number of methoxy groups -OCH3 is 1. The maximum atomic E-state index is 13.5. The molecule has 2 aromatic heterocycles. The van der Waals surface area contributed by atoms with E-state index in [9.17, 15) is 19.8 Å². The lowest BCUT2D eigenvalue weighted by atomic mass is 9.84. The van der Waals surface area contributed by atoms with Gasteiger partial charge < -0.3 is 28.5 Å². The van der Waals surface area contributed by atoms with Gasteiger partial charge in [-0.3, -0.25) is 0 Å². The molecule has 0 saturated carbocycles. The first kappa shape index (κ1) is 28.2. The highest BCUT2D eigenvalue weighted by Gasteiger charge is 2.33. The van der Waals surface area contributed by atoms with E-state index in [1.54, 1.807) is 18.2 Å². The van der Waals surface area contributed by atoms with Crippen molar-refractivity contribution in [3.8, 4) is 23.0 Å². The van der Waals surface area contributed by atoms with Crippen LogP contribution in [0.1, 0.15) is 28.2 Å². The molecule has 0 aliphatic carbocycles. The highest BCUT2D eigenvalue weighted by Crippen LogP contribution is 2.44. The predicted molar refractivity (Wildman–Crippen MR) is 163 cm³/mol. The Hall–Kier alpha value is -4.92. The number of ether oxygens (including phenoxy) is 2. The fraction of sp³-hybridized carbons (Fsp3) is 0.0909. The molecule has 10 heteroatoms. The van der Waals surface area contributed by atoms with Gasteiger partial charge in [-0.25, -0.2) is 9.59 Å². The molecule has 2 N–H and O–H groups in total. The third-order valence-corrected chi connectivity index (χ3v) is 7.55. The second kappa shape index (κ2) is 11.4. The van der Waals surface area contributed by atoms with Crippen LogP contribution < -0.4 is 20.7 Å². The van der Waals surface area contributed by atoms with Gasteiger partial charge in [0.1, 0.15) is 29.3 Å². The Morgan fingerprint density at radius 1 is 0.721 bits per heavy atom. The van der Waals surface area contributed by atoms with E-state index in [-0.39, 0.29) is 61.0 Å². The Bertz CT molecular complexity index is 2010. The van der Waals surface area contributed by atoms with Crippen LogP contribution in [0.2, 0.25) is 10.0 Å².